The first-order valence-corrected chi connectivity index (χ1v) is 8.92. The number of rotatable bonds is 2. The van der Waals surface area contributed by atoms with Crippen LogP contribution in [-0.2, 0) is 16.0 Å². The fourth-order valence-corrected chi connectivity index (χ4v) is 4.48. The van der Waals surface area contributed by atoms with Crippen molar-refractivity contribution < 1.29 is 9.53 Å². The Labute approximate surface area is 138 Å². The standard InChI is InChI=1S/C20H25NO2/c1-14-13-16-5-2-3-6-17(16)19(14)15-8-10-21(11-9-15)20(22)18-7-4-12-23-18/h2-3,5-6,15,18H,4,7-13H2,1H3. The van der Waals surface area contributed by atoms with E-state index in [1.807, 2.05) is 4.90 Å². The predicted molar refractivity (Wildman–Crippen MR) is 91.0 cm³/mol. The number of carbonyl (C=O) groups is 1. The summed E-state index contributed by atoms with van der Waals surface area (Å²) < 4.78 is 5.56. The molecule has 0 radical (unpaired) electrons. The molecule has 1 aliphatic carbocycles. The third-order valence-electron chi connectivity index (χ3n) is 5.64. The van der Waals surface area contributed by atoms with Crippen LogP contribution < -0.4 is 0 Å². The fraction of sp³-hybridized carbons (Fsp3) is 0.550. The number of benzene rings is 1. The van der Waals surface area contributed by atoms with Gasteiger partial charge >= 0.3 is 0 Å². The van der Waals surface area contributed by atoms with Crippen LogP contribution in [0.4, 0.5) is 0 Å². The van der Waals surface area contributed by atoms with Crippen molar-refractivity contribution in [1.29, 1.82) is 0 Å². The van der Waals surface area contributed by atoms with E-state index in [0.717, 1.165) is 51.8 Å². The smallest absolute Gasteiger partial charge is 0.251 e. The van der Waals surface area contributed by atoms with Crippen molar-refractivity contribution in [3.05, 3.63) is 41.0 Å². The van der Waals surface area contributed by atoms with Crippen molar-refractivity contribution in [2.24, 2.45) is 5.92 Å². The molecule has 1 aromatic carbocycles. The molecule has 0 N–H and O–H groups in total. The summed E-state index contributed by atoms with van der Waals surface area (Å²) in [5.74, 6) is 0.825. The van der Waals surface area contributed by atoms with Gasteiger partial charge in [0, 0.05) is 19.7 Å². The minimum absolute atomic E-state index is 0.167. The van der Waals surface area contributed by atoms with Crippen LogP contribution in [0.1, 0.15) is 43.7 Å². The van der Waals surface area contributed by atoms with Gasteiger partial charge in [-0.2, -0.15) is 0 Å². The molecule has 0 aromatic heterocycles. The Morgan fingerprint density at radius 3 is 2.70 bits per heavy atom. The maximum atomic E-state index is 12.5. The second-order valence-electron chi connectivity index (χ2n) is 7.13. The minimum atomic E-state index is -0.167. The third kappa shape index (κ3) is 2.72. The highest BCUT2D eigenvalue weighted by molar-refractivity contribution is 5.82. The summed E-state index contributed by atoms with van der Waals surface area (Å²) in [5.41, 5.74) is 6.01. The molecule has 1 atom stereocenters. The van der Waals surface area contributed by atoms with Crippen molar-refractivity contribution in [2.45, 2.75) is 45.1 Å². The Kier molecular flexibility index (Phi) is 3.98. The molecule has 1 aromatic rings. The van der Waals surface area contributed by atoms with Gasteiger partial charge in [-0.1, -0.05) is 29.8 Å². The topological polar surface area (TPSA) is 29.5 Å². The molecule has 1 unspecified atom stereocenters. The fourth-order valence-electron chi connectivity index (χ4n) is 4.48. The van der Waals surface area contributed by atoms with Crippen LogP contribution >= 0.6 is 0 Å². The molecule has 1 amide bonds. The van der Waals surface area contributed by atoms with E-state index in [0.29, 0.717) is 5.92 Å². The van der Waals surface area contributed by atoms with Crippen LogP contribution in [0.3, 0.4) is 0 Å². The Balaban J connectivity index is 1.44. The van der Waals surface area contributed by atoms with E-state index in [1.54, 1.807) is 5.57 Å². The van der Waals surface area contributed by atoms with Crippen molar-refractivity contribution in [3.63, 3.8) is 0 Å². The summed E-state index contributed by atoms with van der Waals surface area (Å²) in [6.07, 6.45) is 5.02. The zero-order chi connectivity index (χ0) is 15.8. The van der Waals surface area contributed by atoms with Gasteiger partial charge in [0.2, 0.25) is 0 Å². The Morgan fingerprint density at radius 1 is 1.17 bits per heavy atom. The summed E-state index contributed by atoms with van der Waals surface area (Å²) >= 11 is 0. The SMILES string of the molecule is CC1=C(C2CCN(C(=O)C3CCCO3)CC2)c2ccccc2C1. The van der Waals surface area contributed by atoms with Crippen molar-refractivity contribution in [1.82, 2.24) is 4.90 Å². The molecule has 3 heteroatoms. The number of allylic oxidation sites excluding steroid dienone is 2. The maximum absolute atomic E-state index is 12.5. The Bertz CT molecular complexity index is 635. The van der Waals surface area contributed by atoms with Crippen LogP contribution in [0.2, 0.25) is 0 Å². The van der Waals surface area contributed by atoms with Crippen LogP contribution in [0, 0.1) is 5.92 Å². The molecule has 2 heterocycles. The number of nitrogens with zero attached hydrogens (tertiary/aromatic N) is 1. The number of amides is 1. The zero-order valence-electron chi connectivity index (χ0n) is 13.9. The van der Waals surface area contributed by atoms with E-state index in [4.69, 9.17) is 4.74 Å². The zero-order valence-corrected chi connectivity index (χ0v) is 13.9. The van der Waals surface area contributed by atoms with E-state index < -0.39 is 0 Å². The summed E-state index contributed by atoms with van der Waals surface area (Å²) in [5, 5.41) is 0. The molecule has 0 saturated carbocycles. The Morgan fingerprint density at radius 2 is 1.96 bits per heavy atom. The number of piperidine rings is 1. The average Bonchev–Trinajstić information content (AvgIpc) is 3.21. The second kappa shape index (κ2) is 6.12. The summed E-state index contributed by atoms with van der Waals surface area (Å²) in [6.45, 7) is 4.78. The van der Waals surface area contributed by atoms with Crippen LogP contribution in [0.25, 0.3) is 5.57 Å². The van der Waals surface area contributed by atoms with E-state index in [-0.39, 0.29) is 12.0 Å². The van der Waals surface area contributed by atoms with Gasteiger partial charge in [-0.05, 0) is 61.6 Å². The first kappa shape index (κ1) is 14.9. The number of hydrogen-bond donors (Lipinski definition) is 0. The van der Waals surface area contributed by atoms with Gasteiger partial charge in [0.05, 0.1) is 0 Å². The van der Waals surface area contributed by atoms with Crippen LogP contribution in [-0.4, -0.2) is 36.6 Å². The molecule has 2 fully saturated rings. The first-order valence-electron chi connectivity index (χ1n) is 8.92. The summed E-state index contributed by atoms with van der Waals surface area (Å²) in [6, 6.07) is 8.80. The van der Waals surface area contributed by atoms with Gasteiger partial charge in [0.1, 0.15) is 6.10 Å². The van der Waals surface area contributed by atoms with Gasteiger partial charge < -0.3 is 9.64 Å². The monoisotopic (exact) mass is 311 g/mol. The largest absolute Gasteiger partial charge is 0.368 e. The summed E-state index contributed by atoms with van der Waals surface area (Å²) in [4.78, 5) is 14.5. The molecule has 3 aliphatic rings. The van der Waals surface area contributed by atoms with Crippen molar-refractivity contribution >= 4 is 11.5 Å². The molecule has 122 valence electrons. The lowest BCUT2D eigenvalue weighted by Crippen LogP contribution is -2.43. The van der Waals surface area contributed by atoms with Gasteiger partial charge in [0.15, 0.2) is 0 Å². The number of carbonyl (C=O) groups excluding carboxylic acids is 1. The highest BCUT2D eigenvalue weighted by Gasteiger charge is 2.33. The molecular formula is C20H25NO2. The lowest BCUT2D eigenvalue weighted by molar-refractivity contribution is -0.142. The normalized spacial score (nSPS) is 25.1. The lowest BCUT2D eigenvalue weighted by atomic mass is 9.84. The van der Waals surface area contributed by atoms with Crippen LogP contribution in [0.5, 0.6) is 0 Å². The number of hydrogen-bond acceptors (Lipinski definition) is 2. The van der Waals surface area contributed by atoms with E-state index in [2.05, 4.69) is 31.2 Å². The molecule has 3 nitrogen and oxygen atoms in total. The molecule has 23 heavy (non-hydrogen) atoms. The van der Waals surface area contributed by atoms with Gasteiger partial charge in [0.25, 0.3) is 5.91 Å². The molecule has 0 bridgehead atoms. The van der Waals surface area contributed by atoms with Gasteiger partial charge in [-0.15, -0.1) is 0 Å². The predicted octanol–water partition coefficient (Wildman–Crippen LogP) is 3.43. The third-order valence-corrected chi connectivity index (χ3v) is 5.64. The van der Waals surface area contributed by atoms with Gasteiger partial charge in [-0.25, -0.2) is 0 Å². The lowest BCUT2D eigenvalue weighted by Gasteiger charge is -2.34. The van der Waals surface area contributed by atoms with E-state index >= 15 is 0 Å². The quantitative estimate of drug-likeness (QED) is 0.837. The van der Waals surface area contributed by atoms with E-state index in [1.165, 1.54) is 16.7 Å². The average molecular weight is 311 g/mol. The molecule has 4 rings (SSSR count). The molecule has 2 saturated heterocycles. The molecular weight excluding hydrogens is 286 g/mol. The minimum Gasteiger partial charge on any atom is -0.368 e. The summed E-state index contributed by atoms with van der Waals surface area (Å²) in [7, 11) is 0. The highest BCUT2D eigenvalue weighted by atomic mass is 16.5. The van der Waals surface area contributed by atoms with E-state index in [9.17, 15) is 4.79 Å². The molecule has 0 spiro atoms. The highest BCUT2D eigenvalue weighted by Crippen LogP contribution is 2.41. The van der Waals surface area contributed by atoms with Gasteiger partial charge in [-0.3, -0.25) is 4.79 Å². The first-order chi connectivity index (χ1) is 11.2. The molecule has 2 aliphatic heterocycles. The second-order valence-corrected chi connectivity index (χ2v) is 7.13. The van der Waals surface area contributed by atoms with Crippen molar-refractivity contribution in [3.8, 4) is 0 Å². The van der Waals surface area contributed by atoms with Crippen LogP contribution in [0.15, 0.2) is 29.8 Å². The number of ether oxygens (including phenoxy) is 1. The maximum Gasteiger partial charge on any atom is 0.251 e. The number of likely N-dealkylation sites (tertiary alicyclic amines) is 1. The van der Waals surface area contributed by atoms with Crippen molar-refractivity contribution in [2.75, 3.05) is 19.7 Å². The Hall–Kier alpha value is -1.61. The number of fused-ring (bicyclic) bond motifs is 1.